The van der Waals surface area contributed by atoms with Gasteiger partial charge in [-0.3, -0.25) is 0 Å². The average Bonchev–Trinajstić information content (AvgIpc) is 2.90. The second-order valence-corrected chi connectivity index (χ2v) is 4.11. The number of nitrogens with one attached hydrogen (secondary N) is 1. The molecule has 1 unspecified atom stereocenters. The molecule has 0 amide bonds. The number of nitrogens with two attached hydrogens (primary N) is 1. The molecule has 0 bridgehead atoms. The molecular formula is C11H14N4O3. The molecule has 96 valence electrons. The van der Waals surface area contributed by atoms with Crippen molar-refractivity contribution in [1.29, 1.82) is 0 Å². The summed E-state index contributed by atoms with van der Waals surface area (Å²) in [6, 6.07) is 3.62. The van der Waals surface area contributed by atoms with Crippen molar-refractivity contribution >= 4 is 22.4 Å². The number of benzene rings is 1. The van der Waals surface area contributed by atoms with Crippen LogP contribution in [0.2, 0.25) is 0 Å². The normalized spacial score (nSPS) is 20.1. The summed E-state index contributed by atoms with van der Waals surface area (Å²) in [4.78, 5) is 0. The molecule has 0 spiro atoms. The monoisotopic (exact) mass is 250 g/mol. The Balaban J connectivity index is 1.74. The maximum absolute atomic E-state index is 5.77. The van der Waals surface area contributed by atoms with Crippen LogP contribution in [-0.4, -0.2) is 42.8 Å². The summed E-state index contributed by atoms with van der Waals surface area (Å²) in [5.41, 5.74) is 8.35. The zero-order valence-corrected chi connectivity index (χ0v) is 9.76. The first-order valence-corrected chi connectivity index (χ1v) is 5.78. The Kier molecular flexibility index (Phi) is 2.99. The van der Waals surface area contributed by atoms with E-state index >= 15 is 0 Å². The molecular weight excluding hydrogens is 236 g/mol. The minimum Gasteiger partial charge on any atom is -0.397 e. The molecule has 7 nitrogen and oxygen atoms in total. The highest BCUT2D eigenvalue weighted by Crippen LogP contribution is 2.25. The van der Waals surface area contributed by atoms with Crippen LogP contribution in [-0.2, 0) is 9.47 Å². The van der Waals surface area contributed by atoms with Crippen molar-refractivity contribution in [2.75, 3.05) is 37.4 Å². The zero-order valence-electron chi connectivity index (χ0n) is 9.76. The van der Waals surface area contributed by atoms with Gasteiger partial charge in [0.2, 0.25) is 0 Å². The highest BCUT2D eigenvalue weighted by molar-refractivity contribution is 5.94. The van der Waals surface area contributed by atoms with E-state index in [1.165, 1.54) is 0 Å². The van der Waals surface area contributed by atoms with Crippen molar-refractivity contribution in [2.24, 2.45) is 0 Å². The fourth-order valence-corrected chi connectivity index (χ4v) is 1.91. The highest BCUT2D eigenvalue weighted by atomic mass is 16.6. The quantitative estimate of drug-likeness (QED) is 0.771. The summed E-state index contributed by atoms with van der Waals surface area (Å²) in [6.07, 6.45) is 0.0474. The average molecular weight is 250 g/mol. The number of nitrogens with zero attached hydrogens (tertiary/aromatic N) is 2. The summed E-state index contributed by atoms with van der Waals surface area (Å²) in [6.45, 7) is 2.54. The van der Waals surface area contributed by atoms with Gasteiger partial charge in [0.25, 0.3) is 0 Å². The number of fused-ring (bicyclic) bond motifs is 1. The first-order valence-electron chi connectivity index (χ1n) is 5.78. The van der Waals surface area contributed by atoms with E-state index in [1.807, 2.05) is 6.07 Å². The minimum atomic E-state index is 0.0474. The van der Waals surface area contributed by atoms with Crippen LogP contribution in [0, 0.1) is 0 Å². The van der Waals surface area contributed by atoms with Gasteiger partial charge in [0.1, 0.15) is 0 Å². The smallest absolute Gasteiger partial charge is 0.160 e. The van der Waals surface area contributed by atoms with Crippen molar-refractivity contribution in [3.05, 3.63) is 12.1 Å². The Morgan fingerprint density at radius 3 is 3.00 bits per heavy atom. The van der Waals surface area contributed by atoms with Crippen LogP contribution in [0.5, 0.6) is 0 Å². The van der Waals surface area contributed by atoms with Crippen molar-refractivity contribution in [3.63, 3.8) is 0 Å². The standard InChI is InChI=1S/C11H14N4O3/c12-8-1-2-9(11-10(8)14-18-15-11)13-5-7-6-16-3-4-17-7/h1-2,7,13H,3-6,12H2. The van der Waals surface area contributed by atoms with Gasteiger partial charge in [-0.25, -0.2) is 4.63 Å². The zero-order chi connectivity index (χ0) is 12.4. The minimum absolute atomic E-state index is 0.0474. The molecule has 1 fully saturated rings. The van der Waals surface area contributed by atoms with E-state index < -0.39 is 0 Å². The van der Waals surface area contributed by atoms with Gasteiger partial charge >= 0.3 is 0 Å². The molecule has 2 heterocycles. The fraction of sp³-hybridized carbons (Fsp3) is 0.455. The molecule has 1 aliphatic heterocycles. The third-order valence-corrected chi connectivity index (χ3v) is 2.85. The maximum Gasteiger partial charge on any atom is 0.160 e. The maximum atomic E-state index is 5.77. The second kappa shape index (κ2) is 4.79. The molecule has 1 aromatic carbocycles. The fourth-order valence-electron chi connectivity index (χ4n) is 1.91. The van der Waals surface area contributed by atoms with Crippen LogP contribution >= 0.6 is 0 Å². The third kappa shape index (κ3) is 2.09. The van der Waals surface area contributed by atoms with Crippen molar-refractivity contribution < 1.29 is 14.1 Å². The van der Waals surface area contributed by atoms with Crippen LogP contribution in [0.1, 0.15) is 0 Å². The molecule has 3 rings (SSSR count). The van der Waals surface area contributed by atoms with Gasteiger partial charge in [-0.05, 0) is 22.4 Å². The largest absolute Gasteiger partial charge is 0.397 e. The molecule has 0 saturated carbocycles. The number of nitrogen functional groups attached to an aromatic ring is 1. The molecule has 0 aliphatic carbocycles. The number of hydrogen-bond acceptors (Lipinski definition) is 7. The Labute approximate surface area is 103 Å². The lowest BCUT2D eigenvalue weighted by Gasteiger charge is -2.23. The summed E-state index contributed by atoms with van der Waals surface area (Å²) in [7, 11) is 0. The summed E-state index contributed by atoms with van der Waals surface area (Å²) < 4.78 is 15.6. The molecule has 1 aliphatic rings. The predicted octanol–water partition coefficient (Wildman–Crippen LogP) is 0.632. The Hall–Kier alpha value is -1.86. The number of aromatic nitrogens is 2. The van der Waals surface area contributed by atoms with Gasteiger partial charge in [0.05, 0.1) is 37.3 Å². The van der Waals surface area contributed by atoms with Crippen LogP contribution in [0.4, 0.5) is 11.4 Å². The molecule has 1 atom stereocenters. The van der Waals surface area contributed by atoms with E-state index in [4.69, 9.17) is 19.8 Å². The molecule has 3 N–H and O–H groups in total. The second-order valence-electron chi connectivity index (χ2n) is 4.11. The van der Waals surface area contributed by atoms with E-state index in [1.54, 1.807) is 6.07 Å². The lowest BCUT2D eigenvalue weighted by Crippen LogP contribution is -2.34. The lowest BCUT2D eigenvalue weighted by atomic mass is 10.2. The summed E-state index contributed by atoms with van der Waals surface area (Å²) in [5.74, 6) is 0. The van der Waals surface area contributed by atoms with Crippen molar-refractivity contribution in [2.45, 2.75) is 6.10 Å². The van der Waals surface area contributed by atoms with E-state index in [2.05, 4.69) is 15.6 Å². The van der Waals surface area contributed by atoms with Crippen LogP contribution in [0.15, 0.2) is 16.8 Å². The first kappa shape index (κ1) is 11.2. The Morgan fingerprint density at radius 2 is 2.17 bits per heavy atom. The number of hydrogen-bond donors (Lipinski definition) is 2. The summed E-state index contributed by atoms with van der Waals surface area (Å²) in [5, 5.41) is 10.9. The topological polar surface area (TPSA) is 95.4 Å². The van der Waals surface area contributed by atoms with Crippen molar-refractivity contribution in [1.82, 2.24) is 10.3 Å². The molecule has 0 radical (unpaired) electrons. The Bertz CT molecular complexity index is 536. The van der Waals surface area contributed by atoms with E-state index in [9.17, 15) is 0 Å². The van der Waals surface area contributed by atoms with Gasteiger partial charge in [0, 0.05) is 6.54 Å². The number of rotatable bonds is 3. The first-order chi connectivity index (χ1) is 8.84. The summed E-state index contributed by atoms with van der Waals surface area (Å²) >= 11 is 0. The highest BCUT2D eigenvalue weighted by Gasteiger charge is 2.15. The van der Waals surface area contributed by atoms with Gasteiger partial charge in [-0.1, -0.05) is 0 Å². The van der Waals surface area contributed by atoms with Gasteiger partial charge in [0.15, 0.2) is 11.0 Å². The van der Waals surface area contributed by atoms with E-state index in [0.717, 1.165) is 5.69 Å². The Morgan fingerprint density at radius 1 is 1.28 bits per heavy atom. The third-order valence-electron chi connectivity index (χ3n) is 2.85. The molecule has 7 heteroatoms. The molecule has 1 aromatic heterocycles. The lowest BCUT2D eigenvalue weighted by molar-refractivity contribution is -0.0818. The van der Waals surface area contributed by atoms with Crippen LogP contribution in [0.25, 0.3) is 11.0 Å². The van der Waals surface area contributed by atoms with Crippen molar-refractivity contribution in [3.8, 4) is 0 Å². The van der Waals surface area contributed by atoms with Crippen LogP contribution < -0.4 is 11.1 Å². The SMILES string of the molecule is Nc1ccc(NCC2COCCO2)c2nonc12. The molecule has 2 aromatic rings. The van der Waals surface area contributed by atoms with E-state index in [-0.39, 0.29) is 6.10 Å². The number of anilines is 2. The van der Waals surface area contributed by atoms with Crippen LogP contribution in [0.3, 0.4) is 0 Å². The number of ether oxygens (including phenoxy) is 2. The van der Waals surface area contributed by atoms with Gasteiger partial charge in [-0.15, -0.1) is 0 Å². The predicted molar refractivity (Wildman–Crippen MR) is 65.3 cm³/mol. The molecule has 1 saturated heterocycles. The molecule has 18 heavy (non-hydrogen) atoms. The van der Waals surface area contributed by atoms with Gasteiger partial charge in [-0.2, -0.15) is 0 Å². The van der Waals surface area contributed by atoms with E-state index in [0.29, 0.717) is 43.1 Å². The van der Waals surface area contributed by atoms with Gasteiger partial charge < -0.3 is 20.5 Å².